The lowest BCUT2D eigenvalue weighted by Gasteiger charge is -1.82. The van der Waals surface area contributed by atoms with Crippen LogP contribution in [0.5, 0.6) is 0 Å². The predicted octanol–water partition coefficient (Wildman–Crippen LogP) is 9.23. The van der Waals surface area contributed by atoms with Gasteiger partial charge in [0.05, 0.1) is 0 Å². The maximum Gasteiger partial charge on any atom is -0.0398 e. The highest BCUT2D eigenvalue weighted by atomic mass is 13.8. The molecular weight excluding hydrogens is 324 g/mol. The minimum Gasteiger partial charge on any atom is -0.0683 e. The second kappa shape index (κ2) is 31.4. The molecule has 0 bridgehead atoms. The van der Waals surface area contributed by atoms with Crippen LogP contribution in [0.4, 0.5) is 0 Å². The van der Waals surface area contributed by atoms with Crippen molar-refractivity contribution in [3.05, 3.63) is 109 Å². The van der Waals surface area contributed by atoms with Crippen molar-refractivity contribution >= 4 is 0 Å². The van der Waals surface area contributed by atoms with Crippen LogP contribution in [-0.4, -0.2) is 0 Å². The Morgan fingerprint density at radius 2 is 0.556 bits per heavy atom. The largest absolute Gasteiger partial charge is 0.0683 e. The van der Waals surface area contributed by atoms with E-state index in [4.69, 9.17) is 0 Å². The van der Waals surface area contributed by atoms with E-state index in [1.54, 1.807) is 0 Å². The summed E-state index contributed by atoms with van der Waals surface area (Å²) < 4.78 is 0. The van der Waals surface area contributed by atoms with E-state index in [-0.39, 0.29) is 0 Å². The highest BCUT2D eigenvalue weighted by Gasteiger charge is 1.72. The number of benzene rings is 3. The van der Waals surface area contributed by atoms with Gasteiger partial charge in [-0.3, -0.25) is 0 Å². The molecule has 0 aromatic heterocycles. The number of hydrogen-bond acceptors (Lipinski definition) is 0. The van der Waals surface area contributed by atoms with Crippen molar-refractivity contribution in [3.63, 3.8) is 0 Å². The highest BCUT2D eigenvalue weighted by molar-refractivity contribution is 5.11. The molecule has 0 saturated heterocycles. The van der Waals surface area contributed by atoms with Gasteiger partial charge in [0, 0.05) is 0 Å². The van der Waals surface area contributed by atoms with Crippen molar-refractivity contribution in [2.24, 2.45) is 0 Å². The van der Waals surface area contributed by atoms with Gasteiger partial charge in [0.15, 0.2) is 0 Å². The standard InChI is InChI=1S/C7H8.2C6H6.2C3H8.C2H6/c1-7-5-3-2-4-6-7;2*1-2-4-6-5-3-1;2*1-3-2;1-2/h2-6H,1H3;2*1-6H;2*3H2,1-2H3;1-2H3. The van der Waals surface area contributed by atoms with Gasteiger partial charge in [-0.1, -0.05) is 163 Å². The summed E-state index contributed by atoms with van der Waals surface area (Å²) in [5.74, 6) is 0. The zero-order valence-corrected chi connectivity index (χ0v) is 18.7. The van der Waals surface area contributed by atoms with Crippen LogP contribution in [0.3, 0.4) is 0 Å². The molecule has 27 heavy (non-hydrogen) atoms. The fraction of sp³-hybridized carbons (Fsp3) is 0.333. The molecule has 0 fully saturated rings. The van der Waals surface area contributed by atoms with E-state index in [1.165, 1.54) is 18.4 Å². The monoisotopic (exact) mass is 366 g/mol. The van der Waals surface area contributed by atoms with E-state index >= 15 is 0 Å². The Bertz CT molecular complexity index is 428. The van der Waals surface area contributed by atoms with Gasteiger partial charge in [-0.15, -0.1) is 0 Å². The molecule has 0 saturated carbocycles. The van der Waals surface area contributed by atoms with E-state index in [9.17, 15) is 0 Å². The van der Waals surface area contributed by atoms with Crippen LogP contribution in [0.25, 0.3) is 0 Å². The summed E-state index contributed by atoms with van der Waals surface area (Å²) in [6, 6.07) is 34.3. The average Bonchev–Trinajstić information content (AvgIpc) is 2.75. The fourth-order valence-corrected chi connectivity index (χ4v) is 1.30. The molecular formula is C27H42. The summed E-state index contributed by atoms with van der Waals surface area (Å²) in [5.41, 5.74) is 1.32. The molecule has 0 aliphatic carbocycles. The first-order valence-electron chi connectivity index (χ1n) is 10.2. The zero-order valence-electron chi connectivity index (χ0n) is 18.7. The van der Waals surface area contributed by atoms with Crippen LogP contribution in [0.1, 0.15) is 59.9 Å². The molecule has 0 heteroatoms. The van der Waals surface area contributed by atoms with Gasteiger partial charge in [-0.05, 0) is 6.92 Å². The molecule has 0 aliphatic rings. The molecule has 0 spiro atoms. The molecule has 3 aromatic rings. The van der Waals surface area contributed by atoms with Gasteiger partial charge in [0.25, 0.3) is 0 Å². The second-order valence-electron chi connectivity index (χ2n) is 5.38. The quantitative estimate of drug-likeness (QED) is 0.372. The van der Waals surface area contributed by atoms with Crippen LogP contribution in [0.2, 0.25) is 0 Å². The number of aryl methyl sites for hydroxylation is 1. The summed E-state index contributed by atoms with van der Waals surface area (Å²) in [6.07, 6.45) is 2.50. The molecule has 0 amide bonds. The average molecular weight is 367 g/mol. The molecule has 0 radical (unpaired) electrons. The zero-order chi connectivity index (χ0) is 21.0. The molecule has 0 aliphatic heterocycles. The highest BCUT2D eigenvalue weighted by Crippen LogP contribution is 1.92. The summed E-state index contributed by atoms with van der Waals surface area (Å²) >= 11 is 0. The Balaban J connectivity index is -0.000000271. The lowest BCUT2D eigenvalue weighted by molar-refractivity contribution is 1.09. The van der Waals surface area contributed by atoms with Crippen molar-refractivity contribution < 1.29 is 0 Å². The van der Waals surface area contributed by atoms with Gasteiger partial charge in [-0.2, -0.15) is 0 Å². The van der Waals surface area contributed by atoms with Crippen molar-refractivity contribution in [1.82, 2.24) is 0 Å². The third-order valence-electron chi connectivity index (χ3n) is 2.27. The van der Waals surface area contributed by atoms with E-state index in [1.807, 2.05) is 105 Å². The summed E-state index contributed by atoms with van der Waals surface area (Å²) in [5, 5.41) is 0. The molecule has 0 N–H and O–H groups in total. The fourth-order valence-electron chi connectivity index (χ4n) is 1.30. The SMILES string of the molecule is CC.CCC.CCC.Cc1ccccc1.c1ccccc1.c1ccccc1. The maximum absolute atomic E-state index is 2.12. The van der Waals surface area contributed by atoms with Gasteiger partial charge < -0.3 is 0 Å². The predicted molar refractivity (Wildman–Crippen MR) is 127 cm³/mol. The molecule has 3 aromatic carbocycles. The first-order chi connectivity index (χ1) is 13.2. The lowest BCUT2D eigenvalue weighted by Crippen LogP contribution is -1.62. The number of hydrogen-bond donors (Lipinski definition) is 0. The van der Waals surface area contributed by atoms with Crippen LogP contribution in [-0.2, 0) is 0 Å². The Morgan fingerprint density at radius 1 is 0.407 bits per heavy atom. The van der Waals surface area contributed by atoms with Crippen LogP contribution >= 0.6 is 0 Å². The number of rotatable bonds is 0. The molecule has 150 valence electrons. The van der Waals surface area contributed by atoms with Crippen molar-refractivity contribution in [2.75, 3.05) is 0 Å². The second-order valence-corrected chi connectivity index (χ2v) is 5.38. The van der Waals surface area contributed by atoms with E-state index in [0.717, 1.165) is 0 Å². The summed E-state index contributed by atoms with van der Waals surface area (Å²) in [7, 11) is 0. The van der Waals surface area contributed by atoms with Crippen molar-refractivity contribution in [1.29, 1.82) is 0 Å². The Kier molecular flexibility index (Phi) is 34.3. The van der Waals surface area contributed by atoms with Gasteiger partial charge in [0.2, 0.25) is 0 Å². The van der Waals surface area contributed by atoms with E-state index in [2.05, 4.69) is 46.8 Å². The van der Waals surface area contributed by atoms with E-state index in [0.29, 0.717) is 0 Å². The Labute approximate surface area is 170 Å². The molecule has 0 nitrogen and oxygen atoms in total. The topological polar surface area (TPSA) is 0 Å². The van der Waals surface area contributed by atoms with Crippen molar-refractivity contribution in [3.8, 4) is 0 Å². The Morgan fingerprint density at radius 3 is 0.667 bits per heavy atom. The van der Waals surface area contributed by atoms with Gasteiger partial charge in [0.1, 0.15) is 0 Å². The minimum absolute atomic E-state index is 1.25. The first kappa shape index (κ1) is 29.4. The minimum atomic E-state index is 1.25. The molecule has 0 heterocycles. The Hall–Kier alpha value is -2.34. The molecule has 0 atom stereocenters. The smallest absolute Gasteiger partial charge is 0.0398 e. The van der Waals surface area contributed by atoms with Crippen LogP contribution < -0.4 is 0 Å². The molecule has 0 unspecified atom stereocenters. The summed E-state index contributed by atoms with van der Waals surface area (Å²) in [4.78, 5) is 0. The normalized spacial score (nSPS) is 7.37. The van der Waals surface area contributed by atoms with E-state index < -0.39 is 0 Å². The first-order valence-corrected chi connectivity index (χ1v) is 10.2. The van der Waals surface area contributed by atoms with Crippen LogP contribution in [0, 0.1) is 6.92 Å². The summed E-state index contributed by atoms with van der Waals surface area (Å²) in [6.45, 7) is 14.6. The van der Waals surface area contributed by atoms with Crippen LogP contribution in [0.15, 0.2) is 103 Å². The third-order valence-corrected chi connectivity index (χ3v) is 2.27. The van der Waals surface area contributed by atoms with Gasteiger partial charge >= 0.3 is 0 Å². The van der Waals surface area contributed by atoms with Gasteiger partial charge in [-0.25, -0.2) is 0 Å². The molecule has 3 rings (SSSR count). The lowest BCUT2D eigenvalue weighted by atomic mass is 10.2. The van der Waals surface area contributed by atoms with Crippen molar-refractivity contribution in [2.45, 2.75) is 61.3 Å². The third kappa shape index (κ3) is 35.6. The maximum atomic E-state index is 2.12.